The van der Waals surface area contributed by atoms with Crippen LogP contribution in [-0.4, -0.2) is 49.4 Å². The maximum Gasteiger partial charge on any atom is 0.278 e. The summed E-state index contributed by atoms with van der Waals surface area (Å²) in [4.78, 5) is 20.7. The molecule has 2 heterocycles. The van der Waals surface area contributed by atoms with Crippen molar-refractivity contribution in [3.8, 4) is 5.88 Å². The van der Waals surface area contributed by atoms with E-state index in [0.29, 0.717) is 18.1 Å². The Morgan fingerprint density at radius 3 is 3.00 bits per heavy atom. The molecule has 2 rings (SSSR count). The van der Waals surface area contributed by atoms with Gasteiger partial charge in [0.25, 0.3) is 5.91 Å². The molecule has 0 aromatic carbocycles. The van der Waals surface area contributed by atoms with E-state index >= 15 is 0 Å². The molecule has 1 aliphatic heterocycles. The second-order valence-corrected chi connectivity index (χ2v) is 4.32. The highest BCUT2D eigenvalue weighted by molar-refractivity contribution is 5.93. The number of pyridine rings is 1. The van der Waals surface area contributed by atoms with Gasteiger partial charge >= 0.3 is 0 Å². The van der Waals surface area contributed by atoms with Gasteiger partial charge in [-0.1, -0.05) is 0 Å². The van der Waals surface area contributed by atoms with E-state index in [9.17, 15) is 4.79 Å². The molecule has 1 aliphatic rings. The molecule has 0 saturated carbocycles. The zero-order chi connectivity index (χ0) is 13.7. The smallest absolute Gasteiger partial charge is 0.278 e. The summed E-state index contributed by atoms with van der Waals surface area (Å²) in [6.07, 6.45) is 3.73. The molecule has 1 aromatic heterocycles. The van der Waals surface area contributed by atoms with Gasteiger partial charge in [0.05, 0.1) is 18.8 Å². The molecule has 6 heteroatoms. The lowest BCUT2D eigenvalue weighted by atomic mass is 10.2. The fourth-order valence-electron chi connectivity index (χ4n) is 1.81. The molecular formula is C13H18N2O4. The summed E-state index contributed by atoms with van der Waals surface area (Å²) in [6, 6.07) is 3.33. The van der Waals surface area contributed by atoms with Gasteiger partial charge in [0.2, 0.25) is 5.88 Å². The zero-order valence-corrected chi connectivity index (χ0v) is 11.2. The Hall–Kier alpha value is -1.66. The quantitative estimate of drug-likeness (QED) is 0.751. The number of hydrogen-bond acceptors (Lipinski definition) is 5. The van der Waals surface area contributed by atoms with Gasteiger partial charge in [-0.05, 0) is 18.9 Å². The average Bonchev–Trinajstić information content (AvgIpc) is 2.97. The van der Waals surface area contributed by atoms with Gasteiger partial charge in [-0.2, -0.15) is 0 Å². The molecule has 104 valence electrons. The normalized spacial score (nSPS) is 18.3. The van der Waals surface area contributed by atoms with Gasteiger partial charge in [-0.25, -0.2) is 10.0 Å². The summed E-state index contributed by atoms with van der Waals surface area (Å²) in [6.45, 7) is 1.30. The number of aromatic nitrogens is 1. The Labute approximate surface area is 112 Å². The van der Waals surface area contributed by atoms with Gasteiger partial charge in [0.1, 0.15) is 6.61 Å². The van der Waals surface area contributed by atoms with E-state index in [1.807, 2.05) is 0 Å². The van der Waals surface area contributed by atoms with E-state index < -0.39 is 0 Å². The molecule has 1 amide bonds. The summed E-state index contributed by atoms with van der Waals surface area (Å²) in [7, 11) is 2.98. The largest absolute Gasteiger partial charge is 0.475 e. The molecule has 19 heavy (non-hydrogen) atoms. The average molecular weight is 266 g/mol. The summed E-state index contributed by atoms with van der Waals surface area (Å²) in [5.41, 5.74) is 0.453. The number of carbonyl (C=O) groups excluding carboxylic acids is 1. The fourth-order valence-corrected chi connectivity index (χ4v) is 1.81. The van der Waals surface area contributed by atoms with E-state index in [2.05, 4.69) is 4.98 Å². The highest BCUT2D eigenvalue weighted by Crippen LogP contribution is 2.14. The predicted molar refractivity (Wildman–Crippen MR) is 67.8 cm³/mol. The maximum atomic E-state index is 11.8. The minimum absolute atomic E-state index is 0.155. The van der Waals surface area contributed by atoms with Crippen LogP contribution in [0.3, 0.4) is 0 Å². The molecule has 0 N–H and O–H groups in total. The van der Waals surface area contributed by atoms with Gasteiger partial charge < -0.3 is 9.47 Å². The molecule has 1 fully saturated rings. The van der Waals surface area contributed by atoms with Crippen molar-refractivity contribution in [3.05, 3.63) is 23.9 Å². The number of amides is 1. The minimum atomic E-state index is -0.249. The third-order valence-corrected chi connectivity index (χ3v) is 2.98. The van der Waals surface area contributed by atoms with Gasteiger partial charge in [0.15, 0.2) is 0 Å². The Morgan fingerprint density at radius 2 is 2.42 bits per heavy atom. The van der Waals surface area contributed by atoms with Crippen molar-refractivity contribution in [1.82, 2.24) is 10.0 Å². The first-order valence-corrected chi connectivity index (χ1v) is 6.23. The van der Waals surface area contributed by atoms with Gasteiger partial charge in [-0.3, -0.25) is 9.63 Å². The lowest BCUT2D eigenvalue weighted by Gasteiger charge is -2.14. The highest BCUT2D eigenvalue weighted by Gasteiger charge is 2.16. The molecular weight excluding hydrogens is 248 g/mol. The van der Waals surface area contributed by atoms with Gasteiger partial charge in [-0.15, -0.1) is 0 Å². The topological polar surface area (TPSA) is 60.9 Å². The third kappa shape index (κ3) is 3.65. The Balaban J connectivity index is 1.88. The van der Waals surface area contributed by atoms with E-state index in [0.717, 1.165) is 24.5 Å². The second kappa shape index (κ2) is 6.49. The second-order valence-electron chi connectivity index (χ2n) is 4.32. The summed E-state index contributed by atoms with van der Waals surface area (Å²) < 4.78 is 11.0. The molecule has 0 aliphatic carbocycles. The molecule has 1 saturated heterocycles. The highest BCUT2D eigenvalue weighted by atomic mass is 16.7. The Bertz CT molecular complexity index is 415. The van der Waals surface area contributed by atoms with E-state index in [4.69, 9.17) is 14.3 Å². The number of nitrogens with zero attached hydrogens (tertiary/aromatic N) is 2. The van der Waals surface area contributed by atoms with Crippen LogP contribution in [0.1, 0.15) is 23.2 Å². The zero-order valence-electron chi connectivity index (χ0n) is 11.2. The first kappa shape index (κ1) is 13.8. The molecule has 0 radical (unpaired) electrons. The van der Waals surface area contributed by atoms with Crippen LogP contribution < -0.4 is 4.74 Å². The standard InChI is InChI=1S/C13H18N2O4/c1-15(17-2)13(16)10-5-6-12(14-8-10)19-9-11-4-3-7-18-11/h5-6,8,11H,3-4,7,9H2,1-2H3. The van der Waals surface area contributed by atoms with Crippen molar-refractivity contribution in [3.63, 3.8) is 0 Å². The van der Waals surface area contributed by atoms with Crippen LogP contribution in [0.25, 0.3) is 0 Å². The Kier molecular flexibility index (Phi) is 4.70. The van der Waals surface area contributed by atoms with Crippen LogP contribution in [0.5, 0.6) is 5.88 Å². The van der Waals surface area contributed by atoms with Crippen molar-refractivity contribution in [1.29, 1.82) is 0 Å². The maximum absolute atomic E-state index is 11.8. The van der Waals surface area contributed by atoms with Crippen molar-refractivity contribution < 1.29 is 19.1 Å². The molecule has 6 nitrogen and oxygen atoms in total. The molecule has 1 aromatic rings. The summed E-state index contributed by atoms with van der Waals surface area (Å²) in [5.74, 6) is 0.243. The number of rotatable bonds is 5. The van der Waals surface area contributed by atoms with Crippen LogP contribution in [0, 0.1) is 0 Å². The van der Waals surface area contributed by atoms with Crippen molar-refractivity contribution >= 4 is 5.91 Å². The van der Waals surface area contributed by atoms with Crippen LogP contribution in [0.4, 0.5) is 0 Å². The first-order valence-electron chi connectivity index (χ1n) is 6.23. The van der Waals surface area contributed by atoms with E-state index in [-0.39, 0.29) is 12.0 Å². The third-order valence-electron chi connectivity index (χ3n) is 2.98. The molecule has 0 spiro atoms. The first-order chi connectivity index (χ1) is 9.20. The SMILES string of the molecule is CON(C)C(=O)c1ccc(OCC2CCCO2)nc1. The lowest BCUT2D eigenvalue weighted by molar-refractivity contribution is -0.0757. The minimum Gasteiger partial charge on any atom is -0.475 e. The van der Waals surface area contributed by atoms with E-state index in [1.54, 1.807) is 19.2 Å². The lowest BCUT2D eigenvalue weighted by Crippen LogP contribution is -2.25. The van der Waals surface area contributed by atoms with Crippen molar-refractivity contribution in [2.45, 2.75) is 18.9 Å². The number of carbonyl (C=O) groups is 1. The summed E-state index contributed by atoms with van der Waals surface area (Å²) >= 11 is 0. The van der Waals surface area contributed by atoms with Crippen molar-refractivity contribution in [2.75, 3.05) is 27.4 Å². The summed E-state index contributed by atoms with van der Waals surface area (Å²) in [5, 5.41) is 1.14. The molecule has 1 unspecified atom stereocenters. The van der Waals surface area contributed by atoms with Gasteiger partial charge in [0, 0.05) is 25.9 Å². The van der Waals surface area contributed by atoms with Crippen LogP contribution in [0.15, 0.2) is 18.3 Å². The predicted octanol–water partition coefficient (Wildman–Crippen LogP) is 1.27. The van der Waals surface area contributed by atoms with Crippen LogP contribution >= 0.6 is 0 Å². The van der Waals surface area contributed by atoms with Crippen LogP contribution in [0.2, 0.25) is 0 Å². The number of hydroxylamine groups is 2. The fraction of sp³-hybridized carbons (Fsp3) is 0.538. The van der Waals surface area contributed by atoms with Crippen LogP contribution in [-0.2, 0) is 9.57 Å². The monoisotopic (exact) mass is 266 g/mol. The van der Waals surface area contributed by atoms with E-state index in [1.165, 1.54) is 13.3 Å². The molecule has 0 bridgehead atoms. The number of hydrogen-bond donors (Lipinski definition) is 0. The Morgan fingerprint density at radius 1 is 1.58 bits per heavy atom. The molecule has 1 atom stereocenters. The number of ether oxygens (including phenoxy) is 2. The van der Waals surface area contributed by atoms with Crippen molar-refractivity contribution in [2.24, 2.45) is 0 Å².